The molecule has 1 saturated heterocycles. The molecule has 0 spiro atoms. The van der Waals surface area contributed by atoms with E-state index in [4.69, 9.17) is 9.88 Å². The van der Waals surface area contributed by atoms with Crippen molar-refractivity contribution in [2.45, 2.75) is 16.7 Å². The highest BCUT2D eigenvalue weighted by Gasteiger charge is 2.30. The van der Waals surface area contributed by atoms with Crippen molar-refractivity contribution in [2.75, 3.05) is 38.2 Å². The van der Waals surface area contributed by atoms with Crippen LogP contribution in [-0.2, 0) is 24.8 Å². The number of methoxy groups -OCH3 is 1. The number of sulfonamides is 2. The summed E-state index contributed by atoms with van der Waals surface area (Å²) >= 11 is 0. The van der Waals surface area contributed by atoms with Gasteiger partial charge >= 0.3 is 5.97 Å². The first-order valence-electron chi connectivity index (χ1n) is 9.11. The van der Waals surface area contributed by atoms with E-state index in [-0.39, 0.29) is 28.4 Å². The van der Waals surface area contributed by atoms with Crippen LogP contribution in [0.3, 0.4) is 0 Å². The van der Waals surface area contributed by atoms with Gasteiger partial charge in [0.05, 0.1) is 28.2 Å². The number of nitrogens with zero attached hydrogens (tertiary/aromatic N) is 2. The molecule has 9 nitrogen and oxygen atoms in total. The van der Waals surface area contributed by atoms with Gasteiger partial charge in [0.25, 0.3) is 0 Å². The van der Waals surface area contributed by atoms with Gasteiger partial charge in [0.2, 0.25) is 20.0 Å². The van der Waals surface area contributed by atoms with Gasteiger partial charge < -0.3 is 9.64 Å². The van der Waals surface area contributed by atoms with Gasteiger partial charge in [-0.15, -0.1) is 0 Å². The number of carbonyl (C=O) groups excluding carboxylic acids is 1. The van der Waals surface area contributed by atoms with E-state index in [1.54, 1.807) is 24.3 Å². The van der Waals surface area contributed by atoms with Crippen LogP contribution in [-0.4, -0.2) is 60.4 Å². The zero-order chi connectivity index (χ0) is 22.1. The minimum atomic E-state index is -3.99. The molecule has 0 aliphatic carbocycles. The Morgan fingerprint density at radius 3 is 2.03 bits per heavy atom. The van der Waals surface area contributed by atoms with Crippen molar-refractivity contribution < 1.29 is 26.4 Å². The second-order valence-electron chi connectivity index (χ2n) is 6.92. The van der Waals surface area contributed by atoms with Crippen molar-refractivity contribution in [1.29, 1.82) is 0 Å². The van der Waals surface area contributed by atoms with Crippen molar-refractivity contribution in [1.82, 2.24) is 4.31 Å². The van der Waals surface area contributed by atoms with Gasteiger partial charge in [-0.1, -0.05) is 17.7 Å². The fourth-order valence-electron chi connectivity index (χ4n) is 3.27. The second-order valence-corrected chi connectivity index (χ2v) is 10.4. The van der Waals surface area contributed by atoms with Gasteiger partial charge in [0, 0.05) is 26.2 Å². The number of benzene rings is 2. The molecule has 0 aromatic heterocycles. The van der Waals surface area contributed by atoms with Crippen molar-refractivity contribution in [3.8, 4) is 0 Å². The zero-order valence-corrected chi connectivity index (χ0v) is 18.2. The standard InChI is InChI=1S/C19H23N3O6S2/c1-14-3-5-15(6-4-14)30(26,27)22-11-9-21(10-12-22)18-8-7-16(29(20,24)25)13-17(18)19(23)28-2/h3-8,13H,9-12H2,1-2H3,(H2,20,24,25). The molecule has 11 heteroatoms. The third-order valence-corrected chi connectivity index (χ3v) is 7.76. The van der Waals surface area contributed by atoms with Crippen LogP contribution >= 0.6 is 0 Å². The highest BCUT2D eigenvalue weighted by atomic mass is 32.2. The number of anilines is 1. The number of aryl methyl sites for hydroxylation is 1. The van der Waals surface area contributed by atoms with Gasteiger partial charge in [0.1, 0.15) is 0 Å². The molecule has 0 amide bonds. The van der Waals surface area contributed by atoms with Crippen LogP contribution in [0, 0.1) is 6.92 Å². The van der Waals surface area contributed by atoms with E-state index in [1.165, 1.54) is 29.6 Å². The molecule has 3 rings (SSSR count). The van der Waals surface area contributed by atoms with Crippen molar-refractivity contribution in [2.24, 2.45) is 5.14 Å². The maximum atomic E-state index is 12.9. The molecule has 1 aliphatic rings. The number of ether oxygens (including phenoxy) is 1. The number of piperazine rings is 1. The minimum absolute atomic E-state index is 0.0545. The molecule has 2 aromatic rings. The monoisotopic (exact) mass is 453 g/mol. The SMILES string of the molecule is COC(=O)c1cc(S(N)(=O)=O)ccc1N1CCN(S(=O)(=O)c2ccc(C)cc2)CC1. The summed E-state index contributed by atoms with van der Waals surface area (Å²) < 4.78 is 55.2. The number of hydrogen-bond donors (Lipinski definition) is 1. The highest BCUT2D eigenvalue weighted by molar-refractivity contribution is 7.89. The average molecular weight is 454 g/mol. The zero-order valence-electron chi connectivity index (χ0n) is 16.6. The maximum Gasteiger partial charge on any atom is 0.340 e. The van der Waals surface area contributed by atoms with Crippen LogP contribution in [0.5, 0.6) is 0 Å². The van der Waals surface area contributed by atoms with E-state index in [2.05, 4.69) is 0 Å². The Balaban J connectivity index is 1.84. The molecule has 30 heavy (non-hydrogen) atoms. The average Bonchev–Trinajstić information content (AvgIpc) is 2.72. The maximum absolute atomic E-state index is 12.9. The van der Waals surface area contributed by atoms with E-state index in [0.717, 1.165) is 5.56 Å². The summed E-state index contributed by atoms with van der Waals surface area (Å²) in [5, 5.41) is 5.16. The normalized spacial score (nSPS) is 15.8. The quantitative estimate of drug-likeness (QED) is 0.668. The number of hydrogen-bond acceptors (Lipinski definition) is 7. The summed E-state index contributed by atoms with van der Waals surface area (Å²) in [6.45, 7) is 2.96. The first-order chi connectivity index (χ1) is 14.0. The Labute approximate surface area is 176 Å². The van der Waals surface area contributed by atoms with Crippen LogP contribution in [0.25, 0.3) is 0 Å². The van der Waals surface area contributed by atoms with Crippen molar-refractivity contribution in [3.63, 3.8) is 0 Å². The molecule has 0 saturated carbocycles. The van der Waals surface area contributed by atoms with E-state index < -0.39 is 26.0 Å². The summed E-state index contributed by atoms with van der Waals surface area (Å²) in [5.41, 5.74) is 1.48. The topological polar surface area (TPSA) is 127 Å². The lowest BCUT2D eigenvalue weighted by Gasteiger charge is -2.36. The van der Waals surface area contributed by atoms with Gasteiger partial charge in [-0.2, -0.15) is 4.31 Å². The van der Waals surface area contributed by atoms with Crippen LogP contribution in [0.2, 0.25) is 0 Å². The summed E-state index contributed by atoms with van der Waals surface area (Å²) in [6.07, 6.45) is 0. The third kappa shape index (κ3) is 4.48. The smallest absolute Gasteiger partial charge is 0.340 e. The number of nitrogens with two attached hydrogens (primary N) is 1. The molecule has 0 atom stereocenters. The fraction of sp³-hybridized carbons (Fsp3) is 0.316. The molecule has 1 aliphatic heterocycles. The Morgan fingerprint density at radius 2 is 1.50 bits per heavy atom. The van der Waals surface area contributed by atoms with Crippen LogP contribution in [0.1, 0.15) is 15.9 Å². The summed E-state index contributed by atoms with van der Waals surface area (Å²) in [5.74, 6) is -0.704. The van der Waals surface area contributed by atoms with Crippen LogP contribution in [0.4, 0.5) is 5.69 Å². The molecule has 1 fully saturated rings. The Hall–Kier alpha value is -2.47. The Bertz CT molecular complexity index is 1150. The molecule has 0 bridgehead atoms. The lowest BCUT2D eigenvalue weighted by atomic mass is 10.1. The first kappa shape index (κ1) is 22.2. The molecule has 2 N–H and O–H groups in total. The fourth-order valence-corrected chi connectivity index (χ4v) is 5.23. The van der Waals surface area contributed by atoms with Crippen LogP contribution < -0.4 is 10.0 Å². The first-order valence-corrected chi connectivity index (χ1v) is 12.1. The van der Waals surface area contributed by atoms with Crippen molar-refractivity contribution >= 4 is 31.7 Å². The van der Waals surface area contributed by atoms with Gasteiger partial charge in [-0.05, 0) is 37.3 Å². The summed E-state index contributed by atoms with van der Waals surface area (Å²) in [4.78, 5) is 14.1. The number of carbonyl (C=O) groups is 1. The van der Waals surface area contributed by atoms with E-state index >= 15 is 0 Å². The third-order valence-electron chi connectivity index (χ3n) is 4.94. The lowest BCUT2D eigenvalue weighted by molar-refractivity contribution is 0.0601. The Kier molecular flexibility index (Phi) is 6.18. The predicted octanol–water partition coefficient (Wildman–Crippen LogP) is 0.940. The molecular weight excluding hydrogens is 430 g/mol. The summed E-state index contributed by atoms with van der Waals surface area (Å²) in [6, 6.07) is 10.6. The van der Waals surface area contributed by atoms with E-state index in [0.29, 0.717) is 18.8 Å². The number of primary sulfonamides is 1. The number of rotatable bonds is 5. The van der Waals surface area contributed by atoms with Gasteiger partial charge in [0.15, 0.2) is 0 Å². The highest BCUT2D eigenvalue weighted by Crippen LogP contribution is 2.27. The second kappa shape index (κ2) is 8.34. The van der Waals surface area contributed by atoms with Gasteiger partial charge in [-0.25, -0.2) is 26.8 Å². The predicted molar refractivity (Wildman–Crippen MR) is 111 cm³/mol. The molecule has 1 heterocycles. The largest absolute Gasteiger partial charge is 0.465 e. The number of esters is 1. The molecule has 0 unspecified atom stereocenters. The lowest BCUT2D eigenvalue weighted by Crippen LogP contribution is -2.49. The molecule has 0 radical (unpaired) electrons. The molecule has 2 aromatic carbocycles. The van der Waals surface area contributed by atoms with E-state index in [9.17, 15) is 21.6 Å². The summed E-state index contributed by atoms with van der Waals surface area (Å²) in [7, 11) is -6.42. The minimum Gasteiger partial charge on any atom is -0.465 e. The molecule has 162 valence electrons. The Morgan fingerprint density at radius 1 is 0.933 bits per heavy atom. The van der Waals surface area contributed by atoms with Crippen LogP contribution in [0.15, 0.2) is 52.3 Å². The van der Waals surface area contributed by atoms with Gasteiger partial charge in [-0.3, -0.25) is 0 Å². The van der Waals surface area contributed by atoms with Crippen molar-refractivity contribution in [3.05, 3.63) is 53.6 Å². The molecular formula is C19H23N3O6S2. The van der Waals surface area contributed by atoms with E-state index in [1.807, 2.05) is 11.8 Å².